The third kappa shape index (κ3) is 3.55. The van der Waals surface area contributed by atoms with Crippen LogP contribution in [0.15, 0.2) is 53.6 Å². The molecule has 0 amide bonds. The summed E-state index contributed by atoms with van der Waals surface area (Å²) in [6.07, 6.45) is 1.81. The second-order valence-electron chi connectivity index (χ2n) is 7.02. The van der Waals surface area contributed by atoms with Crippen molar-refractivity contribution in [2.45, 2.75) is 27.3 Å². The number of halogens is 1. The number of methoxy groups -OCH3 is 1. The van der Waals surface area contributed by atoms with Crippen molar-refractivity contribution in [1.29, 1.82) is 0 Å². The highest BCUT2D eigenvalue weighted by Gasteiger charge is 2.14. The Morgan fingerprint density at radius 1 is 1.17 bits per heavy atom. The molecule has 0 aliphatic rings. The Hall–Kier alpha value is -3.25. The topological polar surface area (TPSA) is 56.4 Å². The number of para-hydroxylation sites is 2. The van der Waals surface area contributed by atoms with E-state index in [0.29, 0.717) is 5.02 Å². The van der Waals surface area contributed by atoms with Crippen molar-refractivity contribution in [2.75, 3.05) is 12.5 Å². The molecule has 0 radical (unpaired) electrons. The lowest BCUT2D eigenvalue weighted by molar-refractivity contribution is 0.412. The van der Waals surface area contributed by atoms with E-state index in [0.717, 1.165) is 51.9 Å². The lowest BCUT2D eigenvalue weighted by atomic mass is 10.2. The molecule has 0 fully saturated rings. The zero-order chi connectivity index (χ0) is 21.3. The lowest BCUT2D eigenvalue weighted by Crippen LogP contribution is -2.03. The van der Waals surface area contributed by atoms with Crippen molar-refractivity contribution in [3.05, 3.63) is 70.5 Å². The Labute approximate surface area is 180 Å². The van der Waals surface area contributed by atoms with E-state index in [2.05, 4.69) is 57.5 Å². The molecule has 0 spiro atoms. The molecule has 1 N–H and O–H groups in total. The average Bonchev–Trinajstić information content (AvgIpc) is 3.24. The van der Waals surface area contributed by atoms with Crippen LogP contribution in [0.25, 0.3) is 16.7 Å². The summed E-state index contributed by atoms with van der Waals surface area (Å²) in [5, 5.41) is 5.12. The van der Waals surface area contributed by atoms with Gasteiger partial charge in [0.15, 0.2) is 0 Å². The molecule has 154 valence electrons. The number of hydrazone groups is 1. The van der Waals surface area contributed by atoms with Gasteiger partial charge in [-0.15, -0.1) is 0 Å². The molecule has 0 aliphatic carbocycles. The minimum atomic E-state index is 0.661. The molecule has 7 heteroatoms. The molecule has 0 atom stereocenters. The normalized spacial score (nSPS) is 11.5. The highest BCUT2D eigenvalue weighted by atomic mass is 35.5. The van der Waals surface area contributed by atoms with Crippen molar-refractivity contribution in [3.63, 3.8) is 0 Å². The SMILES string of the molecule is CCn1c(N/N=C\c2cc(C)n(-c3cc(Cl)ccc3OC)c2C)nc2ccccc21. The summed E-state index contributed by atoms with van der Waals surface area (Å²) in [6, 6.07) is 15.8. The van der Waals surface area contributed by atoms with Crippen molar-refractivity contribution in [1.82, 2.24) is 14.1 Å². The van der Waals surface area contributed by atoms with Crippen LogP contribution in [0.4, 0.5) is 5.95 Å². The number of fused-ring (bicyclic) bond motifs is 1. The Kier molecular flexibility index (Phi) is 5.50. The van der Waals surface area contributed by atoms with Crippen LogP contribution in [0.3, 0.4) is 0 Å². The van der Waals surface area contributed by atoms with Crippen molar-refractivity contribution in [2.24, 2.45) is 5.10 Å². The minimum absolute atomic E-state index is 0.661. The number of nitrogens with one attached hydrogen (secondary N) is 1. The van der Waals surface area contributed by atoms with Crippen LogP contribution in [-0.2, 0) is 6.54 Å². The molecule has 4 rings (SSSR count). The van der Waals surface area contributed by atoms with E-state index in [1.165, 1.54) is 0 Å². The van der Waals surface area contributed by atoms with E-state index in [4.69, 9.17) is 16.3 Å². The van der Waals surface area contributed by atoms with Gasteiger partial charge in [0.1, 0.15) is 5.75 Å². The summed E-state index contributed by atoms with van der Waals surface area (Å²) >= 11 is 6.23. The van der Waals surface area contributed by atoms with E-state index in [9.17, 15) is 0 Å². The van der Waals surface area contributed by atoms with E-state index < -0.39 is 0 Å². The molecule has 0 bridgehead atoms. The first-order valence-electron chi connectivity index (χ1n) is 9.80. The third-order valence-electron chi connectivity index (χ3n) is 5.19. The Bertz CT molecular complexity index is 1240. The smallest absolute Gasteiger partial charge is 0.224 e. The highest BCUT2D eigenvalue weighted by Crippen LogP contribution is 2.30. The molecule has 0 saturated heterocycles. The molecule has 30 heavy (non-hydrogen) atoms. The maximum Gasteiger partial charge on any atom is 0.224 e. The Morgan fingerprint density at radius 3 is 2.73 bits per heavy atom. The van der Waals surface area contributed by atoms with Gasteiger partial charge in [-0.05, 0) is 57.2 Å². The van der Waals surface area contributed by atoms with E-state index in [-0.39, 0.29) is 0 Å². The fourth-order valence-corrected chi connectivity index (χ4v) is 3.93. The van der Waals surface area contributed by atoms with Gasteiger partial charge in [-0.1, -0.05) is 23.7 Å². The fraction of sp³-hybridized carbons (Fsp3) is 0.217. The summed E-state index contributed by atoms with van der Waals surface area (Å²) < 4.78 is 9.75. The first kappa shape index (κ1) is 20.0. The minimum Gasteiger partial charge on any atom is -0.495 e. The van der Waals surface area contributed by atoms with Crippen molar-refractivity contribution >= 4 is 34.8 Å². The second-order valence-corrected chi connectivity index (χ2v) is 7.45. The van der Waals surface area contributed by atoms with Gasteiger partial charge in [-0.2, -0.15) is 5.10 Å². The van der Waals surface area contributed by atoms with Crippen LogP contribution in [0.1, 0.15) is 23.9 Å². The van der Waals surface area contributed by atoms with Crippen LogP contribution in [0, 0.1) is 13.8 Å². The average molecular weight is 422 g/mol. The number of ether oxygens (including phenoxy) is 1. The summed E-state index contributed by atoms with van der Waals surface area (Å²) in [5.41, 5.74) is 9.14. The predicted octanol–water partition coefficient (Wildman–Crippen LogP) is 5.57. The van der Waals surface area contributed by atoms with Crippen LogP contribution in [0.2, 0.25) is 5.02 Å². The number of aromatic nitrogens is 3. The molecular weight excluding hydrogens is 398 g/mol. The number of aryl methyl sites for hydroxylation is 2. The van der Waals surface area contributed by atoms with Crippen molar-refractivity contribution < 1.29 is 4.74 Å². The number of anilines is 1. The number of benzene rings is 2. The molecule has 2 heterocycles. The van der Waals surface area contributed by atoms with E-state index in [1.54, 1.807) is 7.11 Å². The van der Waals surface area contributed by atoms with Gasteiger partial charge in [-0.3, -0.25) is 0 Å². The number of nitrogens with zero attached hydrogens (tertiary/aromatic N) is 4. The Morgan fingerprint density at radius 2 is 1.97 bits per heavy atom. The molecule has 0 unspecified atom stereocenters. The van der Waals surface area contributed by atoms with Gasteiger partial charge in [0.25, 0.3) is 0 Å². The zero-order valence-corrected chi connectivity index (χ0v) is 18.2. The molecular formula is C23H24ClN5O. The highest BCUT2D eigenvalue weighted by molar-refractivity contribution is 6.30. The second kappa shape index (κ2) is 8.24. The summed E-state index contributed by atoms with van der Waals surface area (Å²) in [5.74, 6) is 1.49. The summed E-state index contributed by atoms with van der Waals surface area (Å²) in [6.45, 7) is 7.00. The first-order chi connectivity index (χ1) is 14.5. The quantitative estimate of drug-likeness (QED) is 0.327. The first-order valence-corrected chi connectivity index (χ1v) is 10.2. The van der Waals surface area contributed by atoms with Gasteiger partial charge in [0, 0.05) is 28.5 Å². The molecule has 6 nitrogen and oxygen atoms in total. The van der Waals surface area contributed by atoms with E-state index >= 15 is 0 Å². The summed E-state index contributed by atoms with van der Waals surface area (Å²) in [4.78, 5) is 4.64. The molecule has 4 aromatic rings. The summed E-state index contributed by atoms with van der Waals surface area (Å²) in [7, 11) is 1.66. The number of rotatable bonds is 6. The molecule has 2 aromatic heterocycles. The van der Waals surface area contributed by atoms with E-state index in [1.807, 2.05) is 42.6 Å². The van der Waals surface area contributed by atoms with Gasteiger partial charge >= 0.3 is 0 Å². The van der Waals surface area contributed by atoms with Crippen LogP contribution in [-0.4, -0.2) is 27.4 Å². The Balaban J connectivity index is 1.65. The lowest BCUT2D eigenvalue weighted by Gasteiger charge is -2.14. The number of hydrogen-bond acceptors (Lipinski definition) is 4. The number of hydrogen-bond donors (Lipinski definition) is 1. The molecule has 2 aromatic carbocycles. The monoisotopic (exact) mass is 421 g/mol. The maximum absolute atomic E-state index is 6.23. The van der Waals surface area contributed by atoms with Crippen molar-refractivity contribution in [3.8, 4) is 11.4 Å². The van der Waals surface area contributed by atoms with Crippen LogP contribution < -0.4 is 10.2 Å². The maximum atomic E-state index is 6.23. The van der Waals surface area contributed by atoms with Gasteiger partial charge in [-0.25, -0.2) is 10.4 Å². The van der Waals surface area contributed by atoms with Gasteiger partial charge < -0.3 is 13.9 Å². The number of imidazole rings is 1. The third-order valence-corrected chi connectivity index (χ3v) is 5.43. The molecule has 0 aliphatic heterocycles. The standard InChI is InChI=1S/C23H24ClN5O/c1-5-28-20-9-7-6-8-19(20)26-23(28)27-25-14-17-12-15(2)29(16(17)3)21-13-18(24)10-11-22(21)30-4/h6-14H,5H2,1-4H3,(H,26,27)/b25-14-. The molecule has 0 saturated carbocycles. The predicted molar refractivity (Wildman–Crippen MR) is 123 cm³/mol. The largest absolute Gasteiger partial charge is 0.495 e. The van der Waals surface area contributed by atoms with Gasteiger partial charge in [0.2, 0.25) is 5.95 Å². The van der Waals surface area contributed by atoms with Crippen LogP contribution in [0.5, 0.6) is 5.75 Å². The van der Waals surface area contributed by atoms with Crippen LogP contribution >= 0.6 is 11.6 Å². The van der Waals surface area contributed by atoms with Gasteiger partial charge in [0.05, 0.1) is 30.0 Å². The zero-order valence-electron chi connectivity index (χ0n) is 17.5. The fourth-order valence-electron chi connectivity index (χ4n) is 3.77.